The highest BCUT2D eigenvalue weighted by Gasteiger charge is 2.06. The van der Waals surface area contributed by atoms with E-state index in [9.17, 15) is 0 Å². The molecule has 3 unspecified atom stereocenters. The van der Waals surface area contributed by atoms with Gasteiger partial charge in [0.15, 0.2) is 0 Å². The minimum Gasteiger partial charge on any atom is -0.133 e. The third-order valence-electron chi connectivity index (χ3n) is 4.45. The Kier molecular flexibility index (Phi) is 5.84. The van der Waals surface area contributed by atoms with E-state index in [1.165, 1.54) is 44.2 Å². The van der Waals surface area contributed by atoms with Gasteiger partial charge in [0.2, 0.25) is 0 Å². The molecular weight excluding hydrogens is 345 g/mol. The van der Waals surface area contributed by atoms with Crippen molar-refractivity contribution >= 4 is 33.0 Å². The lowest BCUT2D eigenvalue weighted by Gasteiger charge is -2.11. The molecule has 0 N–H and O–H groups in total. The predicted molar refractivity (Wildman–Crippen MR) is 118 cm³/mol. The van der Waals surface area contributed by atoms with Gasteiger partial charge in [-0.2, -0.15) is 0 Å². The van der Waals surface area contributed by atoms with Crippen LogP contribution < -0.4 is 5.30 Å². The van der Waals surface area contributed by atoms with Gasteiger partial charge in [0, 0.05) is 0 Å². The first kappa shape index (κ1) is 17.8. The van der Waals surface area contributed by atoms with Crippen LogP contribution in [0.3, 0.4) is 0 Å². The standard InChI is InChI=1S/C21H23P3/c1-14-9-17(7-8-21(14)24)15-3-2-4-16(10-15)18-5-6-19(12-22)20(11-18)13-23/h2-11H,12-13,22-24H2,1H3. The Bertz CT molecular complexity index is 869. The minimum atomic E-state index is 0.992. The number of benzene rings is 3. The zero-order valence-electron chi connectivity index (χ0n) is 13.9. The van der Waals surface area contributed by atoms with Gasteiger partial charge in [-0.3, -0.25) is 0 Å². The molecule has 3 aromatic carbocycles. The van der Waals surface area contributed by atoms with Gasteiger partial charge >= 0.3 is 0 Å². The molecule has 3 atom stereocenters. The van der Waals surface area contributed by atoms with Gasteiger partial charge in [0.05, 0.1) is 0 Å². The maximum atomic E-state index is 2.84. The van der Waals surface area contributed by atoms with Gasteiger partial charge < -0.3 is 0 Å². The lowest BCUT2D eigenvalue weighted by Crippen LogP contribution is -1.95. The van der Waals surface area contributed by atoms with Crippen LogP contribution in [0.15, 0.2) is 60.7 Å². The monoisotopic (exact) mass is 368 g/mol. The Hall–Kier alpha value is -1.05. The van der Waals surface area contributed by atoms with Crippen molar-refractivity contribution in [2.45, 2.75) is 19.2 Å². The van der Waals surface area contributed by atoms with E-state index < -0.39 is 0 Å². The third kappa shape index (κ3) is 3.78. The van der Waals surface area contributed by atoms with Gasteiger partial charge in [-0.25, -0.2) is 0 Å². The van der Waals surface area contributed by atoms with Gasteiger partial charge in [-0.1, -0.05) is 54.6 Å². The maximum Gasteiger partial charge on any atom is -0.0125 e. The molecular formula is C21H23P3. The van der Waals surface area contributed by atoms with Crippen molar-refractivity contribution < 1.29 is 0 Å². The predicted octanol–water partition coefficient (Wildman–Crippen LogP) is 5.58. The van der Waals surface area contributed by atoms with E-state index in [0.717, 1.165) is 12.3 Å². The van der Waals surface area contributed by atoms with Crippen molar-refractivity contribution in [3.05, 3.63) is 77.4 Å². The molecule has 0 aliphatic carbocycles. The normalized spacial score (nSPS) is 10.8. The van der Waals surface area contributed by atoms with Crippen LogP contribution in [0.1, 0.15) is 16.7 Å². The summed E-state index contributed by atoms with van der Waals surface area (Å²) in [5.74, 6) is 0. The number of hydrogen-bond donors (Lipinski definition) is 0. The van der Waals surface area contributed by atoms with Crippen LogP contribution >= 0.6 is 27.7 Å². The molecule has 3 aromatic rings. The largest absolute Gasteiger partial charge is 0.133 e. The highest BCUT2D eigenvalue weighted by molar-refractivity contribution is 7.27. The lowest BCUT2D eigenvalue weighted by molar-refractivity contribution is 1.28. The van der Waals surface area contributed by atoms with Crippen molar-refractivity contribution in [3.8, 4) is 22.3 Å². The van der Waals surface area contributed by atoms with E-state index in [1.54, 1.807) is 0 Å². The fourth-order valence-corrected chi connectivity index (χ4v) is 3.89. The van der Waals surface area contributed by atoms with E-state index in [4.69, 9.17) is 0 Å². The van der Waals surface area contributed by atoms with E-state index in [2.05, 4.69) is 95.3 Å². The summed E-state index contributed by atoms with van der Waals surface area (Å²) in [5.41, 5.74) is 9.21. The molecule has 0 aliphatic heterocycles. The Morgan fingerprint density at radius 3 is 1.88 bits per heavy atom. The number of aryl methyl sites for hydroxylation is 1. The third-order valence-corrected chi connectivity index (χ3v) is 5.97. The molecule has 0 saturated heterocycles. The summed E-state index contributed by atoms with van der Waals surface area (Å²) >= 11 is 0. The second kappa shape index (κ2) is 7.89. The minimum absolute atomic E-state index is 0.992. The van der Waals surface area contributed by atoms with Crippen LogP contribution in [0.5, 0.6) is 0 Å². The second-order valence-electron chi connectivity index (χ2n) is 6.04. The van der Waals surface area contributed by atoms with Crippen LogP contribution in [-0.4, -0.2) is 0 Å². The Balaban J connectivity index is 2.03. The molecule has 0 radical (unpaired) electrons. The summed E-state index contributed by atoms with van der Waals surface area (Å²) in [4.78, 5) is 0. The van der Waals surface area contributed by atoms with E-state index in [1.807, 2.05) is 0 Å². The summed E-state index contributed by atoms with van der Waals surface area (Å²) in [5, 5.41) is 1.26. The highest BCUT2D eigenvalue weighted by atomic mass is 31.0. The fourth-order valence-electron chi connectivity index (χ4n) is 2.93. The molecule has 0 nitrogen and oxygen atoms in total. The van der Waals surface area contributed by atoms with Crippen molar-refractivity contribution in [2.75, 3.05) is 0 Å². The Morgan fingerprint density at radius 2 is 1.25 bits per heavy atom. The molecule has 0 aromatic heterocycles. The van der Waals surface area contributed by atoms with E-state index >= 15 is 0 Å². The van der Waals surface area contributed by atoms with Crippen LogP contribution in [0.4, 0.5) is 0 Å². The highest BCUT2D eigenvalue weighted by Crippen LogP contribution is 2.29. The van der Waals surface area contributed by atoms with Crippen LogP contribution in [0.25, 0.3) is 22.3 Å². The summed E-state index contributed by atoms with van der Waals surface area (Å²) in [6.07, 6.45) is 2.00. The molecule has 0 fully saturated rings. The lowest BCUT2D eigenvalue weighted by atomic mass is 9.96. The first-order valence-corrected chi connectivity index (χ1v) is 10.3. The van der Waals surface area contributed by atoms with Crippen molar-refractivity contribution in [3.63, 3.8) is 0 Å². The summed E-state index contributed by atoms with van der Waals surface area (Å²) in [6, 6.07) is 22.3. The van der Waals surface area contributed by atoms with Gasteiger partial charge in [0.25, 0.3) is 0 Å². The Labute approximate surface area is 152 Å². The van der Waals surface area contributed by atoms with Crippen LogP contribution in [0.2, 0.25) is 0 Å². The number of rotatable bonds is 4. The molecule has 0 spiro atoms. The molecule has 3 rings (SSSR count). The summed E-state index contributed by atoms with van der Waals surface area (Å²) in [6.45, 7) is 2.16. The SMILES string of the molecule is Cc1cc(-c2cccc(-c3ccc(CP)c(CP)c3)c2)ccc1P. The molecule has 0 aliphatic rings. The zero-order valence-corrected chi connectivity index (χ0v) is 17.4. The van der Waals surface area contributed by atoms with Gasteiger partial charge in [-0.15, -0.1) is 27.7 Å². The molecule has 0 heterocycles. The van der Waals surface area contributed by atoms with Gasteiger partial charge in [0.1, 0.15) is 0 Å². The molecule has 0 amide bonds. The zero-order chi connectivity index (χ0) is 17.1. The molecule has 0 bridgehead atoms. The van der Waals surface area contributed by atoms with Crippen LogP contribution in [0, 0.1) is 6.92 Å². The van der Waals surface area contributed by atoms with Crippen molar-refractivity contribution in [2.24, 2.45) is 0 Å². The quantitative estimate of drug-likeness (QED) is 0.528. The molecule has 122 valence electrons. The summed E-state index contributed by atoms with van der Waals surface area (Å²) in [7, 11) is 8.45. The molecule has 24 heavy (non-hydrogen) atoms. The molecule has 0 saturated carbocycles. The van der Waals surface area contributed by atoms with Crippen LogP contribution in [-0.2, 0) is 12.3 Å². The first-order valence-electron chi connectivity index (χ1n) is 8.11. The second-order valence-corrected chi connectivity index (χ2v) is 7.48. The number of hydrogen-bond acceptors (Lipinski definition) is 0. The topological polar surface area (TPSA) is 0 Å². The molecule has 3 heteroatoms. The van der Waals surface area contributed by atoms with E-state index in [0.29, 0.717) is 0 Å². The average molecular weight is 368 g/mol. The fraction of sp³-hybridized carbons (Fsp3) is 0.143. The smallest absolute Gasteiger partial charge is 0.0125 e. The van der Waals surface area contributed by atoms with Crippen molar-refractivity contribution in [1.82, 2.24) is 0 Å². The van der Waals surface area contributed by atoms with E-state index in [-0.39, 0.29) is 0 Å². The maximum absolute atomic E-state index is 2.84. The average Bonchev–Trinajstić information content (AvgIpc) is 2.63. The Morgan fingerprint density at radius 1 is 0.667 bits per heavy atom. The van der Waals surface area contributed by atoms with Gasteiger partial charge in [-0.05, 0) is 69.6 Å². The summed E-state index contributed by atoms with van der Waals surface area (Å²) < 4.78 is 0. The van der Waals surface area contributed by atoms with Crippen molar-refractivity contribution in [1.29, 1.82) is 0 Å². The first-order chi connectivity index (χ1) is 11.6.